The van der Waals surface area contributed by atoms with Crippen LogP contribution in [-0.4, -0.2) is 43.4 Å². The van der Waals surface area contributed by atoms with Gasteiger partial charge in [0.25, 0.3) is 0 Å². The summed E-state index contributed by atoms with van der Waals surface area (Å²) in [4.78, 5) is 2.49. The molecule has 0 spiro atoms. The second-order valence-corrected chi connectivity index (χ2v) is 5.45. The lowest BCUT2D eigenvalue weighted by molar-refractivity contribution is 0.173. The summed E-state index contributed by atoms with van der Waals surface area (Å²) >= 11 is 0. The molecule has 2 fully saturated rings. The summed E-state index contributed by atoms with van der Waals surface area (Å²) in [6.45, 7) is 8.28. The van der Waals surface area contributed by atoms with E-state index in [1.807, 2.05) is 0 Å². The predicted molar refractivity (Wildman–Crippen MR) is 70.6 cm³/mol. The van der Waals surface area contributed by atoms with Gasteiger partial charge in [-0.2, -0.15) is 0 Å². The monoisotopic (exact) mass is 247 g/mol. The summed E-state index contributed by atoms with van der Waals surface area (Å²) in [5.74, 6) is 0. The predicted octanol–water partition coefficient (Wildman–Crippen LogP) is 2.16. The van der Waals surface area contributed by atoms with Crippen molar-refractivity contribution < 1.29 is 9.47 Å². The van der Waals surface area contributed by atoms with Gasteiger partial charge in [0.05, 0.1) is 25.4 Å². The molecule has 98 valence electrons. The molecule has 2 heterocycles. The van der Waals surface area contributed by atoms with Crippen LogP contribution in [-0.2, 0) is 9.47 Å². The average molecular weight is 247 g/mol. The van der Waals surface area contributed by atoms with Gasteiger partial charge in [-0.1, -0.05) is 29.8 Å². The zero-order valence-electron chi connectivity index (χ0n) is 11.1. The molecule has 0 radical (unpaired) electrons. The Morgan fingerprint density at radius 1 is 1.11 bits per heavy atom. The summed E-state index contributed by atoms with van der Waals surface area (Å²) in [7, 11) is 0. The van der Waals surface area contributed by atoms with Gasteiger partial charge in [0.1, 0.15) is 0 Å². The largest absolute Gasteiger partial charge is 0.372 e. The molecular formula is C15H21NO2. The van der Waals surface area contributed by atoms with Crippen molar-refractivity contribution >= 4 is 0 Å². The van der Waals surface area contributed by atoms with Crippen LogP contribution >= 0.6 is 0 Å². The smallest absolute Gasteiger partial charge is 0.0936 e. The third kappa shape index (κ3) is 3.10. The number of hydrogen-bond acceptors (Lipinski definition) is 3. The van der Waals surface area contributed by atoms with Gasteiger partial charge in [0, 0.05) is 19.1 Å². The quantitative estimate of drug-likeness (QED) is 0.721. The molecule has 1 aromatic rings. The molecule has 3 atom stereocenters. The number of benzene rings is 1. The molecule has 0 bridgehead atoms. The molecule has 0 aromatic heterocycles. The van der Waals surface area contributed by atoms with E-state index in [4.69, 9.17) is 9.47 Å². The molecule has 3 rings (SSSR count). The first-order valence-electron chi connectivity index (χ1n) is 6.76. The molecule has 2 aliphatic heterocycles. The van der Waals surface area contributed by atoms with E-state index in [2.05, 4.69) is 43.0 Å². The highest BCUT2D eigenvalue weighted by molar-refractivity contribution is 5.23. The van der Waals surface area contributed by atoms with Gasteiger partial charge in [-0.05, 0) is 19.4 Å². The molecule has 2 saturated heterocycles. The van der Waals surface area contributed by atoms with Gasteiger partial charge in [-0.25, -0.2) is 0 Å². The number of aryl methyl sites for hydroxylation is 1. The van der Waals surface area contributed by atoms with E-state index >= 15 is 0 Å². The number of epoxide rings is 2. The third-order valence-corrected chi connectivity index (χ3v) is 3.79. The van der Waals surface area contributed by atoms with Crippen molar-refractivity contribution in [1.82, 2.24) is 4.90 Å². The highest BCUT2D eigenvalue weighted by Gasteiger charge is 2.33. The first-order chi connectivity index (χ1) is 8.72. The van der Waals surface area contributed by atoms with Crippen LogP contribution < -0.4 is 0 Å². The van der Waals surface area contributed by atoms with Crippen LogP contribution in [0, 0.1) is 6.92 Å². The van der Waals surface area contributed by atoms with Crippen molar-refractivity contribution in [2.75, 3.05) is 26.3 Å². The summed E-state index contributed by atoms with van der Waals surface area (Å²) in [5, 5.41) is 0. The SMILES string of the molecule is Cc1ccc(C(C)N(CC2CO2)CC2CO2)cc1. The fourth-order valence-electron chi connectivity index (χ4n) is 2.32. The van der Waals surface area contributed by atoms with E-state index in [0.29, 0.717) is 18.2 Å². The molecule has 0 amide bonds. The topological polar surface area (TPSA) is 28.3 Å². The van der Waals surface area contributed by atoms with E-state index in [-0.39, 0.29) is 0 Å². The number of nitrogens with zero attached hydrogens (tertiary/aromatic N) is 1. The van der Waals surface area contributed by atoms with Crippen LogP contribution in [0.3, 0.4) is 0 Å². The summed E-state index contributed by atoms with van der Waals surface area (Å²) in [6, 6.07) is 9.26. The molecular weight excluding hydrogens is 226 g/mol. The molecule has 0 N–H and O–H groups in total. The minimum atomic E-state index is 0.430. The number of rotatable bonds is 6. The minimum Gasteiger partial charge on any atom is -0.372 e. The fraction of sp³-hybridized carbons (Fsp3) is 0.600. The van der Waals surface area contributed by atoms with Crippen LogP contribution in [0.1, 0.15) is 24.1 Å². The average Bonchev–Trinajstić information content (AvgIpc) is 3.23. The highest BCUT2D eigenvalue weighted by Crippen LogP contribution is 2.26. The maximum atomic E-state index is 5.36. The van der Waals surface area contributed by atoms with E-state index < -0.39 is 0 Å². The maximum Gasteiger partial charge on any atom is 0.0936 e. The lowest BCUT2D eigenvalue weighted by Gasteiger charge is -2.28. The first-order valence-corrected chi connectivity index (χ1v) is 6.76. The third-order valence-electron chi connectivity index (χ3n) is 3.79. The van der Waals surface area contributed by atoms with Crippen molar-refractivity contribution in [2.24, 2.45) is 0 Å². The van der Waals surface area contributed by atoms with Crippen LogP contribution in [0.15, 0.2) is 24.3 Å². The van der Waals surface area contributed by atoms with Crippen molar-refractivity contribution in [2.45, 2.75) is 32.1 Å². The van der Waals surface area contributed by atoms with Crippen LogP contribution in [0.4, 0.5) is 0 Å². The Hall–Kier alpha value is -0.900. The van der Waals surface area contributed by atoms with E-state index in [1.165, 1.54) is 11.1 Å². The Balaban J connectivity index is 1.68. The fourth-order valence-corrected chi connectivity index (χ4v) is 2.32. The van der Waals surface area contributed by atoms with Gasteiger partial charge in [0.2, 0.25) is 0 Å². The first kappa shape index (κ1) is 12.2. The van der Waals surface area contributed by atoms with Crippen molar-refractivity contribution in [3.8, 4) is 0 Å². The van der Waals surface area contributed by atoms with Gasteiger partial charge in [-0.3, -0.25) is 4.90 Å². The Kier molecular flexibility index (Phi) is 3.37. The summed E-state index contributed by atoms with van der Waals surface area (Å²) in [5.41, 5.74) is 2.69. The lowest BCUT2D eigenvalue weighted by Crippen LogP contribution is -2.34. The van der Waals surface area contributed by atoms with Crippen molar-refractivity contribution in [1.29, 1.82) is 0 Å². The number of ether oxygens (including phenoxy) is 2. The van der Waals surface area contributed by atoms with Crippen LogP contribution in [0.2, 0.25) is 0 Å². The van der Waals surface area contributed by atoms with E-state index in [1.54, 1.807) is 0 Å². The molecule has 3 unspecified atom stereocenters. The van der Waals surface area contributed by atoms with Gasteiger partial charge in [0.15, 0.2) is 0 Å². The normalized spacial score (nSPS) is 27.3. The minimum absolute atomic E-state index is 0.430. The van der Waals surface area contributed by atoms with E-state index in [9.17, 15) is 0 Å². The Bertz CT molecular complexity index is 381. The standard InChI is InChI=1S/C15H21NO2/c1-11-3-5-13(6-4-11)12(2)16(7-14-9-17-14)8-15-10-18-15/h3-6,12,14-15H,7-10H2,1-2H3. The van der Waals surface area contributed by atoms with Crippen LogP contribution in [0.5, 0.6) is 0 Å². The molecule has 1 aromatic carbocycles. The molecule has 3 heteroatoms. The molecule has 3 nitrogen and oxygen atoms in total. The molecule has 0 aliphatic carbocycles. The highest BCUT2D eigenvalue weighted by atomic mass is 16.6. The number of hydrogen-bond donors (Lipinski definition) is 0. The lowest BCUT2D eigenvalue weighted by atomic mass is 10.0. The van der Waals surface area contributed by atoms with Gasteiger partial charge in [-0.15, -0.1) is 0 Å². The Morgan fingerprint density at radius 3 is 2.06 bits per heavy atom. The molecule has 0 saturated carbocycles. The second-order valence-electron chi connectivity index (χ2n) is 5.45. The zero-order chi connectivity index (χ0) is 12.5. The second kappa shape index (κ2) is 5.00. The van der Waals surface area contributed by atoms with Gasteiger partial charge < -0.3 is 9.47 Å². The van der Waals surface area contributed by atoms with E-state index in [0.717, 1.165) is 26.3 Å². The Labute approximate surface area is 109 Å². The van der Waals surface area contributed by atoms with Crippen molar-refractivity contribution in [3.05, 3.63) is 35.4 Å². The summed E-state index contributed by atoms with van der Waals surface area (Å²) in [6.07, 6.45) is 0.883. The van der Waals surface area contributed by atoms with Crippen LogP contribution in [0.25, 0.3) is 0 Å². The van der Waals surface area contributed by atoms with Gasteiger partial charge >= 0.3 is 0 Å². The van der Waals surface area contributed by atoms with Crippen molar-refractivity contribution in [3.63, 3.8) is 0 Å². The Morgan fingerprint density at radius 2 is 1.61 bits per heavy atom. The molecule has 2 aliphatic rings. The maximum absolute atomic E-state index is 5.36. The molecule has 18 heavy (non-hydrogen) atoms. The zero-order valence-corrected chi connectivity index (χ0v) is 11.1. The summed E-state index contributed by atoms with van der Waals surface area (Å²) < 4.78 is 10.7.